The molecule has 4 nitrogen and oxygen atoms in total. The van der Waals surface area contributed by atoms with Gasteiger partial charge < -0.3 is 14.8 Å². The van der Waals surface area contributed by atoms with Crippen molar-refractivity contribution in [1.29, 1.82) is 0 Å². The van der Waals surface area contributed by atoms with Gasteiger partial charge in [0.2, 0.25) is 0 Å². The smallest absolute Gasteiger partial charge is 0.0954 e. The number of hydrazine groups is 1. The maximum Gasteiger partial charge on any atom is 0.0954 e. The second-order valence-electron chi connectivity index (χ2n) is 9.14. The molecule has 0 radical (unpaired) electrons. The van der Waals surface area contributed by atoms with E-state index in [-0.39, 0.29) is 0 Å². The van der Waals surface area contributed by atoms with Crippen molar-refractivity contribution < 1.29 is 0 Å². The van der Waals surface area contributed by atoms with Crippen LogP contribution in [0.3, 0.4) is 0 Å². The zero-order valence-corrected chi connectivity index (χ0v) is 22.0. The fourth-order valence-electron chi connectivity index (χ4n) is 4.26. The lowest BCUT2D eigenvalue weighted by Gasteiger charge is -2.36. The highest BCUT2D eigenvalue weighted by Crippen LogP contribution is 2.52. The summed E-state index contributed by atoms with van der Waals surface area (Å²) in [5.41, 5.74) is 6.98. The molecule has 5 heteroatoms. The fraction of sp³-hybridized carbons (Fsp3) is 0.200. The van der Waals surface area contributed by atoms with Gasteiger partial charge in [-0.25, -0.2) is 5.84 Å². The molecule has 2 N–H and O–H groups in total. The van der Waals surface area contributed by atoms with Gasteiger partial charge in [0, 0.05) is 51.5 Å². The highest BCUT2D eigenvalue weighted by Gasteiger charge is 2.38. The summed E-state index contributed by atoms with van der Waals surface area (Å²) in [5, 5.41) is 1.65. The number of benzene rings is 4. The highest BCUT2D eigenvalue weighted by atomic mass is 32.2. The number of anilines is 3. The molecule has 0 unspecified atom stereocenters. The van der Waals surface area contributed by atoms with Gasteiger partial charge in [-0.2, -0.15) is 0 Å². The zero-order chi connectivity index (χ0) is 25.0. The number of hydrogen-bond donors (Lipinski definition) is 1. The van der Waals surface area contributed by atoms with Crippen LogP contribution in [0.15, 0.2) is 108 Å². The van der Waals surface area contributed by atoms with Crippen LogP contribution in [0.2, 0.25) is 0 Å². The van der Waals surface area contributed by atoms with E-state index in [4.69, 9.17) is 5.84 Å². The molecule has 0 aliphatic rings. The van der Waals surface area contributed by atoms with Crippen LogP contribution < -0.4 is 20.7 Å². The minimum absolute atomic E-state index is 0.456. The fourth-order valence-corrected chi connectivity index (χ4v) is 5.67. The second kappa shape index (κ2) is 10.5. The van der Waals surface area contributed by atoms with Crippen LogP contribution in [0.1, 0.15) is 16.7 Å². The van der Waals surface area contributed by atoms with Crippen molar-refractivity contribution in [3.8, 4) is 0 Å². The van der Waals surface area contributed by atoms with E-state index in [0.29, 0.717) is 0 Å². The molecule has 0 saturated heterocycles. The van der Waals surface area contributed by atoms with E-state index in [1.54, 1.807) is 5.01 Å². The second-order valence-corrected chi connectivity index (χ2v) is 10.4. The van der Waals surface area contributed by atoms with Gasteiger partial charge >= 0.3 is 0 Å². The first kappa shape index (κ1) is 24.7. The minimum atomic E-state index is -0.456. The van der Waals surface area contributed by atoms with E-state index in [2.05, 4.69) is 141 Å². The molecule has 0 saturated carbocycles. The van der Waals surface area contributed by atoms with Crippen LogP contribution in [-0.4, -0.2) is 35.2 Å². The number of rotatable bonds is 8. The predicted molar refractivity (Wildman–Crippen MR) is 153 cm³/mol. The van der Waals surface area contributed by atoms with Crippen LogP contribution in [0.5, 0.6) is 0 Å². The summed E-state index contributed by atoms with van der Waals surface area (Å²) >= 11 is 1.87. The van der Waals surface area contributed by atoms with Gasteiger partial charge in [-0.1, -0.05) is 54.6 Å². The molecule has 0 bridgehead atoms. The lowest BCUT2D eigenvalue weighted by atomic mass is 9.83. The van der Waals surface area contributed by atoms with Crippen LogP contribution in [0.25, 0.3) is 0 Å². The van der Waals surface area contributed by atoms with Gasteiger partial charge in [0.15, 0.2) is 0 Å². The Hall–Kier alpha value is -3.41. The van der Waals surface area contributed by atoms with Crippen molar-refractivity contribution >= 4 is 28.8 Å². The molecule has 0 spiro atoms. The third-order valence-corrected chi connectivity index (χ3v) is 7.80. The molecule has 0 aliphatic carbocycles. The standard InChI is InChI=1S/C30H34N4S/c1-32(2)26-17-11-23(12-18-26)30(35-29-9-7-6-8-10-29,24-13-19-27(20-14-24)33(3)4)25-15-21-28(22-16-25)34(5)31/h6-22H,31H2,1-5H3. The summed E-state index contributed by atoms with van der Waals surface area (Å²) in [6.45, 7) is 0. The van der Waals surface area contributed by atoms with Crippen LogP contribution >= 0.6 is 11.8 Å². The van der Waals surface area contributed by atoms with Crippen LogP contribution in [-0.2, 0) is 4.75 Å². The van der Waals surface area contributed by atoms with Crippen molar-refractivity contribution in [1.82, 2.24) is 0 Å². The highest BCUT2D eigenvalue weighted by molar-refractivity contribution is 8.00. The Kier molecular flexibility index (Phi) is 7.39. The number of nitrogens with two attached hydrogens (primary N) is 1. The molecule has 0 aromatic heterocycles. The lowest BCUT2D eigenvalue weighted by Crippen LogP contribution is -2.27. The van der Waals surface area contributed by atoms with E-state index in [1.807, 2.05) is 18.8 Å². The monoisotopic (exact) mass is 482 g/mol. The summed E-state index contributed by atoms with van der Waals surface area (Å²) in [6.07, 6.45) is 0. The number of nitrogens with zero attached hydrogens (tertiary/aromatic N) is 3. The molecule has 0 atom stereocenters. The third-order valence-electron chi connectivity index (χ3n) is 6.28. The van der Waals surface area contributed by atoms with E-state index in [9.17, 15) is 0 Å². The molecule has 35 heavy (non-hydrogen) atoms. The molecule has 180 valence electrons. The maximum absolute atomic E-state index is 6.03. The lowest BCUT2D eigenvalue weighted by molar-refractivity contribution is 0.890. The Morgan fingerprint density at radius 3 is 1.23 bits per heavy atom. The average molecular weight is 483 g/mol. The van der Waals surface area contributed by atoms with E-state index in [1.165, 1.54) is 33.0 Å². The van der Waals surface area contributed by atoms with Gasteiger partial charge in [-0.3, -0.25) is 0 Å². The Balaban J connectivity index is 1.98. The molecular weight excluding hydrogens is 448 g/mol. The van der Waals surface area contributed by atoms with Gasteiger partial charge in [0.1, 0.15) is 0 Å². The Bertz CT molecular complexity index is 1090. The Morgan fingerprint density at radius 1 is 0.514 bits per heavy atom. The molecule has 4 aromatic rings. The first-order valence-electron chi connectivity index (χ1n) is 11.7. The van der Waals surface area contributed by atoms with E-state index in [0.717, 1.165) is 5.69 Å². The summed E-state index contributed by atoms with van der Waals surface area (Å²) in [4.78, 5) is 5.47. The summed E-state index contributed by atoms with van der Waals surface area (Å²) in [7, 11) is 10.2. The largest absolute Gasteiger partial charge is 0.378 e. The first-order chi connectivity index (χ1) is 16.8. The zero-order valence-electron chi connectivity index (χ0n) is 21.1. The van der Waals surface area contributed by atoms with Crippen molar-refractivity contribution in [2.75, 3.05) is 50.0 Å². The summed E-state index contributed by atoms with van der Waals surface area (Å²) < 4.78 is -0.456. The van der Waals surface area contributed by atoms with Crippen molar-refractivity contribution in [3.05, 3.63) is 120 Å². The topological polar surface area (TPSA) is 35.7 Å². The van der Waals surface area contributed by atoms with Crippen LogP contribution in [0.4, 0.5) is 17.1 Å². The van der Waals surface area contributed by atoms with Crippen LogP contribution in [0, 0.1) is 0 Å². The Labute approximate surface area is 214 Å². The van der Waals surface area contributed by atoms with Gasteiger partial charge in [0.25, 0.3) is 0 Å². The number of hydrogen-bond acceptors (Lipinski definition) is 5. The average Bonchev–Trinajstić information content (AvgIpc) is 2.88. The quantitative estimate of drug-likeness (QED) is 0.140. The molecule has 0 fully saturated rings. The molecule has 4 rings (SSSR count). The van der Waals surface area contributed by atoms with E-state index >= 15 is 0 Å². The van der Waals surface area contributed by atoms with Gasteiger partial charge in [0.05, 0.1) is 10.4 Å². The summed E-state index contributed by atoms with van der Waals surface area (Å²) in [5.74, 6) is 6.03. The normalized spacial score (nSPS) is 11.3. The number of thioether (sulfide) groups is 1. The molecule has 0 aliphatic heterocycles. The third kappa shape index (κ3) is 5.16. The molecule has 0 heterocycles. The molecule has 4 aromatic carbocycles. The maximum atomic E-state index is 6.03. The van der Waals surface area contributed by atoms with E-state index < -0.39 is 4.75 Å². The van der Waals surface area contributed by atoms with Gasteiger partial charge in [-0.05, 0) is 65.2 Å². The minimum Gasteiger partial charge on any atom is -0.378 e. The first-order valence-corrected chi connectivity index (χ1v) is 12.5. The van der Waals surface area contributed by atoms with Gasteiger partial charge in [-0.15, -0.1) is 11.8 Å². The van der Waals surface area contributed by atoms with Crippen molar-refractivity contribution in [3.63, 3.8) is 0 Å². The SMILES string of the molecule is CN(C)c1ccc(C(Sc2ccccc2)(c2ccc(N(C)C)cc2)c2ccc(N(C)N)cc2)cc1. The predicted octanol–water partition coefficient (Wildman–Crippen LogP) is 6.21. The Morgan fingerprint density at radius 2 is 0.886 bits per heavy atom. The summed E-state index contributed by atoms with van der Waals surface area (Å²) in [6, 6.07) is 37.1. The molecule has 0 amide bonds. The molecular formula is C30H34N4S. The van der Waals surface area contributed by atoms with Crippen molar-refractivity contribution in [2.24, 2.45) is 5.84 Å². The van der Waals surface area contributed by atoms with Crippen molar-refractivity contribution in [2.45, 2.75) is 9.64 Å².